The summed E-state index contributed by atoms with van der Waals surface area (Å²) in [5.41, 5.74) is 1.25. The Balaban J connectivity index is 1.90. The second-order valence-corrected chi connectivity index (χ2v) is 7.93. The maximum absolute atomic E-state index is 13.3. The Morgan fingerprint density at radius 1 is 1.21 bits per heavy atom. The summed E-state index contributed by atoms with van der Waals surface area (Å²) in [5, 5.41) is 1.20. The molecule has 0 unspecified atom stereocenters. The SMILES string of the molecule is Cc1sc2ncnc(S[C@@H](C)C(=O)c3ccc(F)c(F)c3)c2c1C. The standard InChI is InChI=1S/C17H14F2N2OS2/c1-8-9(2)23-16-14(8)17(21-7-20-16)24-10(3)15(22)11-4-5-12(18)13(19)6-11/h4-7,10H,1-3H3/t10-/m0/s1. The lowest BCUT2D eigenvalue weighted by molar-refractivity contribution is 0.0993. The normalized spacial score (nSPS) is 12.5. The number of thioether (sulfide) groups is 1. The summed E-state index contributed by atoms with van der Waals surface area (Å²) in [6.45, 7) is 5.76. The van der Waals surface area contributed by atoms with Gasteiger partial charge in [-0.3, -0.25) is 4.79 Å². The molecule has 0 radical (unpaired) electrons. The third-order valence-electron chi connectivity index (χ3n) is 3.79. The van der Waals surface area contributed by atoms with Crippen molar-refractivity contribution >= 4 is 39.1 Å². The minimum Gasteiger partial charge on any atom is -0.293 e. The number of aryl methyl sites for hydroxylation is 2. The number of carbonyl (C=O) groups excluding carboxylic acids is 1. The molecule has 0 spiro atoms. The second-order valence-electron chi connectivity index (χ2n) is 5.40. The Hall–Kier alpha value is -1.86. The molecular formula is C17H14F2N2OS2. The summed E-state index contributed by atoms with van der Waals surface area (Å²) in [6, 6.07) is 3.20. The number of carbonyl (C=O) groups is 1. The third-order valence-corrected chi connectivity index (χ3v) is 6.01. The van der Waals surface area contributed by atoms with Crippen molar-refractivity contribution in [3.05, 3.63) is 52.2 Å². The molecule has 0 amide bonds. The van der Waals surface area contributed by atoms with E-state index in [2.05, 4.69) is 9.97 Å². The average Bonchev–Trinajstić information content (AvgIpc) is 2.85. The highest BCUT2D eigenvalue weighted by molar-refractivity contribution is 8.00. The second kappa shape index (κ2) is 6.57. The molecule has 2 heterocycles. The highest BCUT2D eigenvalue weighted by atomic mass is 32.2. The molecule has 0 fully saturated rings. The summed E-state index contributed by atoms with van der Waals surface area (Å²) in [5.74, 6) is -2.25. The van der Waals surface area contributed by atoms with Gasteiger partial charge in [0.25, 0.3) is 0 Å². The molecule has 0 aliphatic carbocycles. The van der Waals surface area contributed by atoms with Crippen LogP contribution in [0.1, 0.15) is 27.7 Å². The first-order valence-corrected chi connectivity index (χ1v) is 8.94. The van der Waals surface area contributed by atoms with E-state index in [1.54, 1.807) is 18.3 Å². The van der Waals surface area contributed by atoms with Crippen LogP contribution in [0.4, 0.5) is 8.78 Å². The third kappa shape index (κ3) is 3.06. The maximum Gasteiger partial charge on any atom is 0.176 e. The van der Waals surface area contributed by atoms with Gasteiger partial charge in [-0.15, -0.1) is 11.3 Å². The van der Waals surface area contributed by atoms with Crippen LogP contribution >= 0.6 is 23.1 Å². The first kappa shape index (κ1) is 17.0. The monoisotopic (exact) mass is 364 g/mol. The fourth-order valence-electron chi connectivity index (χ4n) is 2.34. The smallest absolute Gasteiger partial charge is 0.176 e. The Labute approximate surface area is 146 Å². The van der Waals surface area contributed by atoms with Crippen LogP contribution in [-0.2, 0) is 0 Å². The Morgan fingerprint density at radius 3 is 2.67 bits per heavy atom. The Bertz CT molecular complexity index is 940. The van der Waals surface area contributed by atoms with Gasteiger partial charge in [0, 0.05) is 15.8 Å². The quantitative estimate of drug-likeness (QED) is 0.373. The number of ketones is 1. The molecule has 0 aliphatic heterocycles. The largest absolute Gasteiger partial charge is 0.293 e. The van der Waals surface area contributed by atoms with Gasteiger partial charge in [-0.25, -0.2) is 18.7 Å². The average molecular weight is 364 g/mol. The lowest BCUT2D eigenvalue weighted by Gasteiger charge is -2.11. The number of hydrogen-bond donors (Lipinski definition) is 0. The topological polar surface area (TPSA) is 42.9 Å². The van der Waals surface area contributed by atoms with Gasteiger partial charge in [0.05, 0.1) is 5.25 Å². The Morgan fingerprint density at radius 2 is 1.96 bits per heavy atom. The Kier molecular flexibility index (Phi) is 4.64. The van der Waals surface area contributed by atoms with Crippen molar-refractivity contribution < 1.29 is 13.6 Å². The van der Waals surface area contributed by atoms with Crippen LogP contribution in [0.25, 0.3) is 10.2 Å². The lowest BCUT2D eigenvalue weighted by Crippen LogP contribution is -2.14. The van der Waals surface area contributed by atoms with Gasteiger partial charge in [-0.05, 0) is 44.5 Å². The minimum atomic E-state index is -1.02. The zero-order valence-electron chi connectivity index (χ0n) is 13.3. The van der Waals surface area contributed by atoms with E-state index < -0.39 is 16.9 Å². The number of nitrogens with zero attached hydrogens (tertiary/aromatic N) is 2. The first-order chi connectivity index (χ1) is 11.4. The predicted molar refractivity (Wildman–Crippen MR) is 92.9 cm³/mol. The molecular weight excluding hydrogens is 350 g/mol. The fourth-order valence-corrected chi connectivity index (χ4v) is 4.46. The van der Waals surface area contributed by atoms with Crippen LogP contribution in [0.15, 0.2) is 29.6 Å². The molecule has 124 valence electrons. The predicted octanol–water partition coefficient (Wildman–Crippen LogP) is 4.95. The molecule has 0 saturated carbocycles. The molecule has 0 saturated heterocycles. The van der Waals surface area contributed by atoms with Gasteiger partial charge in [-0.1, -0.05) is 11.8 Å². The zero-order chi connectivity index (χ0) is 17.4. The van der Waals surface area contributed by atoms with Crippen molar-refractivity contribution in [1.29, 1.82) is 0 Å². The van der Waals surface area contributed by atoms with Crippen molar-refractivity contribution in [2.24, 2.45) is 0 Å². The van der Waals surface area contributed by atoms with Crippen molar-refractivity contribution in [3.63, 3.8) is 0 Å². The van der Waals surface area contributed by atoms with Crippen molar-refractivity contribution in [2.45, 2.75) is 31.0 Å². The van der Waals surface area contributed by atoms with Crippen LogP contribution < -0.4 is 0 Å². The number of fused-ring (bicyclic) bond motifs is 1. The minimum absolute atomic E-state index is 0.150. The van der Waals surface area contributed by atoms with Crippen molar-refractivity contribution in [3.8, 4) is 0 Å². The van der Waals surface area contributed by atoms with E-state index >= 15 is 0 Å². The van der Waals surface area contributed by atoms with E-state index in [0.717, 1.165) is 37.8 Å². The zero-order valence-corrected chi connectivity index (χ0v) is 14.9. The number of hydrogen-bond acceptors (Lipinski definition) is 5. The maximum atomic E-state index is 13.3. The van der Waals surface area contributed by atoms with E-state index in [9.17, 15) is 13.6 Å². The van der Waals surface area contributed by atoms with E-state index in [1.807, 2.05) is 13.8 Å². The molecule has 24 heavy (non-hydrogen) atoms. The summed E-state index contributed by atoms with van der Waals surface area (Å²) in [4.78, 5) is 23.1. The molecule has 0 N–H and O–H groups in total. The number of Topliss-reactive ketones (excluding diaryl/α,β-unsaturated/α-hetero) is 1. The number of halogens is 2. The molecule has 0 aliphatic rings. The van der Waals surface area contributed by atoms with Gasteiger partial charge >= 0.3 is 0 Å². The first-order valence-electron chi connectivity index (χ1n) is 7.25. The summed E-state index contributed by atoms with van der Waals surface area (Å²) in [6.07, 6.45) is 1.48. The van der Waals surface area contributed by atoms with Gasteiger partial charge in [0.2, 0.25) is 0 Å². The lowest BCUT2D eigenvalue weighted by atomic mass is 10.1. The summed E-state index contributed by atoms with van der Waals surface area (Å²) >= 11 is 2.89. The van der Waals surface area contributed by atoms with Crippen LogP contribution in [-0.4, -0.2) is 21.0 Å². The molecule has 3 rings (SSSR count). The van der Waals surface area contributed by atoms with E-state index in [-0.39, 0.29) is 11.3 Å². The summed E-state index contributed by atoms with van der Waals surface area (Å²) < 4.78 is 26.4. The van der Waals surface area contributed by atoms with E-state index in [4.69, 9.17) is 0 Å². The number of aromatic nitrogens is 2. The molecule has 1 aromatic carbocycles. The highest BCUT2D eigenvalue weighted by Gasteiger charge is 2.21. The molecule has 2 aromatic heterocycles. The fraction of sp³-hybridized carbons (Fsp3) is 0.235. The molecule has 0 bridgehead atoms. The molecule has 1 atom stereocenters. The van der Waals surface area contributed by atoms with Crippen molar-refractivity contribution in [2.75, 3.05) is 0 Å². The van der Waals surface area contributed by atoms with Crippen LogP contribution in [0, 0.1) is 25.5 Å². The van der Waals surface area contributed by atoms with Crippen LogP contribution in [0.2, 0.25) is 0 Å². The van der Waals surface area contributed by atoms with E-state index in [0.29, 0.717) is 0 Å². The molecule has 3 aromatic rings. The van der Waals surface area contributed by atoms with Crippen LogP contribution in [0.3, 0.4) is 0 Å². The summed E-state index contributed by atoms with van der Waals surface area (Å²) in [7, 11) is 0. The van der Waals surface area contributed by atoms with Crippen molar-refractivity contribution in [1.82, 2.24) is 9.97 Å². The number of thiophene rings is 1. The highest BCUT2D eigenvalue weighted by Crippen LogP contribution is 2.36. The number of rotatable bonds is 4. The molecule has 3 nitrogen and oxygen atoms in total. The van der Waals surface area contributed by atoms with E-state index in [1.165, 1.54) is 24.2 Å². The van der Waals surface area contributed by atoms with Gasteiger partial charge in [0.1, 0.15) is 16.2 Å². The number of benzene rings is 1. The van der Waals surface area contributed by atoms with Gasteiger partial charge < -0.3 is 0 Å². The van der Waals surface area contributed by atoms with Crippen LogP contribution in [0.5, 0.6) is 0 Å². The molecule has 7 heteroatoms. The van der Waals surface area contributed by atoms with Gasteiger partial charge in [-0.2, -0.15) is 0 Å². The van der Waals surface area contributed by atoms with Gasteiger partial charge in [0.15, 0.2) is 17.4 Å².